The van der Waals surface area contributed by atoms with Gasteiger partial charge < -0.3 is 14.1 Å². The minimum atomic E-state index is -0.328. The number of nitrogens with zero attached hydrogens (tertiary/aromatic N) is 1. The van der Waals surface area contributed by atoms with Gasteiger partial charge in [0.05, 0.1) is 19.6 Å². The van der Waals surface area contributed by atoms with E-state index in [0.717, 1.165) is 11.5 Å². The smallest absolute Gasteiger partial charge is 0.227 e. The molecule has 116 valence electrons. The summed E-state index contributed by atoms with van der Waals surface area (Å²) in [6.07, 6.45) is 0.175. The quantitative estimate of drug-likeness (QED) is 0.875. The van der Waals surface area contributed by atoms with Crippen molar-refractivity contribution in [2.45, 2.75) is 19.4 Å². The molecule has 0 radical (unpaired) electrons. The third kappa shape index (κ3) is 3.20. The third-order valence-corrected chi connectivity index (χ3v) is 3.78. The Hall–Kier alpha value is -2.14. The van der Waals surface area contributed by atoms with E-state index in [1.165, 1.54) is 12.1 Å². The van der Waals surface area contributed by atoms with Crippen LogP contribution in [0.1, 0.15) is 23.1 Å². The molecule has 0 bridgehead atoms. The van der Waals surface area contributed by atoms with Crippen molar-refractivity contribution in [2.24, 2.45) is 0 Å². The van der Waals surface area contributed by atoms with Crippen LogP contribution in [-0.2, 0) is 16.0 Å². The van der Waals surface area contributed by atoms with E-state index in [4.69, 9.17) is 9.15 Å². The van der Waals surface area contributed by atoms with Gasteiger partial charge >= 0.3 is 0 Å². The zero-order valence-electron chi connectivity index (χ0n) is 12.4. The Morgan fingerprint density at radius 3 is 2.95 bits per heavy atom. The van der Waals surface area contributed by atoms with Gasteiger partial charge in [0.25, 0.3) is 0 Å². The number of benzene rings is 1. The topological polar surface area (TPSA) is 42.7 Å². The van der Waals surface area contributed by atoms with E-state index < -0.39 is 0 Å². The van der Waals surface area contributed by atoms with Gasteiger partial charge in [-0.05, 0) is 36.8 Å². The summed E-state index contributed by atoms with van der Waals surface area (Å²) in [5, 5.41) is 0. The van der Waals surface area contributed by atoms with E-state index in [0.29, 0.717) is 25.3 Å². The second-order valence-electron chi connectivity index (χ2n) is 5.43. The van der Waals surface area contributed by atoms with Gasteiger partial charge in [-0.15, -0.1) is 0 Å². The van der Waals surface area contributed by atoms with Crippen LogP contribution >= 0.6 is 0 Å². The molecule has 1 aromatic carbocycles. The Labute approximate surface area is 128 Å². The van der Waals surface area contributed by atoms with E-state index in [2.05, 4.69) is 0 Å². The fourth-order valence-corrected chi connectivity index (χ4v) is 2.69. The van der Waals surface area contributed by atoms with Crippen LogP contribution in [0, 0.1) is 12.7 Å². The first-order valence-electron chi connectivity index (χ1n) is 7.31. The molecule has 1 fully saturated rings. The van der Waals surface area contributed by atoms with Gasteiger partial charge in [-0.25, -0.2) is 4.39 Å². The number of aryl methyl sites for hydroxylation is 1. The van der Waals surface area contributed by atoms with Crippen LogP contribution in [0.25, 0.3) is 0 Å². The maximum atomic E-state index is 13.2. The third-order valence-electron chi connectivity index (χ3n) is 3.78. The van der Waals surface area contributed by atoms with Gasteiger partial charge in [0.15, 0.2) is 0 Å². The van der Waals surface area contributed by atoms with Gasteiger partial charge in [-0.1, -0.05) is 12.1 Å². The fraction of sp³-hybridized carbons (Fsp3) is 0.353. The molecule has 0 saturated carbocycles. The van der Waals surface area contributed by atoms with Crippen molar-refractivity contribution >= 4 is 5.91 Å². The van der Waals surface area contributed by atoms with Crippen LogP contribution in [-0.4, -0.2) is 30.6 Å². The lowest BCUT2D eigenvalue weighted by molar-refractivity contribution is -0.140. The fourth-order valence-electron chi connectivity index (χ4n) is 2.69. The van der Waals surface area contributed by atoms with Crippen LogP contribution in [0.15, 0.2) is 40.8 Å². The van der Waals surface area contributed by atoms with Crippen molar-refractivity contribution in [3.8, 4) is 0 Å². The second-order valence-corrected chi connectivity index (χ2v) is 5.43. The number of morpholine rings is 1. The zero-order valence-corrected chi connectivity index (χ0v) is 12.4. The number of amides is 1. The Balaban J connectivity index is 1.76. The summed E-state index contributed by atoms with van der Waals surface area (Å²) >= 11 is 0. The summed E-state index contributed by atoms with van der Waals surface area (Å²) in [7, 11) is 0. The first-order chi connectivity index (χ1) is 10.6. The molecule has 2 heterocycles. The standard InChI is InChI=1S/C17H18FNO3/c1-12-5-6-16(22-12)15-11-21-8-7-19(15)17(20)10-13-3-2-4-14(18)9-13/h2-6,9,15H,7-8,10-11H2,1H3/t15-/m0/s1. The normalized spacial score (nSPS) is 18.5. The molecule has 0 aliphatic carbocycles. The molecule has 1 saturated heterocycles. The van der Waals surface area contributed by atoms with E-state index in [1.807, 2.05) is 19.1 Å². The van der Waals surface area contributed by atoms with Gasteiger partial charge in [-0.2, -0.15) is 0 Å². The van der Waals surface area contributed by atoms with E-state index in [-0.39, 0.29) is 24.2 Å². The number of hydrogen-bond acceptors (Lipinski definition) is 3. The Kier molecular flexibility index (Phi) is 4.24. The van der Waals surface area contributed by atoms with Crippen molar-refractivity contribution in [1.82, 2.24) is 4.90 Å². The van der Waals surface area contributed by atoms with Crippen LogP contribution < -0.4 is 0 Å². The highest BCUT2D eigenvalue weighted by Crippen LogP contribution is 2.26. The van der Waals surface area contributed by atoms with Crippen LogP contribution in [0.2, 0.25) is 0 Å². The molecular formula is C17H18FNO3. The number of furan rings is 1. The second kappa shape index (κ2) is 6.32. The molecule has 5 heteroatoms. The molecule has 1 aromatic heterocycles. The number of rotatable bonds is 3. The minimum absolute atomic E-state index is 0.0482. The van der Waals surface area contributed by atoms with Crippen LogP contribution in [0.4, 0.5) is 4.39 Å². The van der Waals surface area contributed by atoms with E-state index in [1.54, 1.807) is 17.0 Å². The SMILES string of the molecule is Cc1ccc([C@@H]2COCCN2C(=O)Cc2cccc(F)c2)o1. The summed E-state index contributed by atoms with van der Waals surface area (Å²) in [5.74, 6) is 1.15. The van der Waals surface area contributed by atoms with Crippen molar-refractivity contribution in [2.75, 3.05) is 19.8 Å². The molecule has 4 nitrogen and oxygen atoms in total. The van der Waals surface area contributed by atoms with Crippen molar-refractivity contribution in [1.29, 1.82) is 0 Å². The number of carbonyl (C=O) groups is 1. The van der Waals surface area contributed by atoms with Crippen LogP contribution in [0.5, 0.6) is 0 Å². The Bertz CT molecular complexity index is 667. The predicted octanol–water partition coefficient (Wildman–Crippen LogP) is 2.87. The summed E-state index contributed by atoms with van der Waals surface area (Å²) in [6.45, 7) is 3.30. The number of carbonyl (C=O) groups excluding carboxylic acids is 1. The molecule has 0 unspecified atom stereocenters. The summed E-state index contributed by atoms with van der Waals surface area (Å²) in [5.41, 5.74) is 0.672. The first kappa shape index (κ1) is 14.8. The lowest BCUT2D eigenvalue weighted by Gasteiger charge is -2.34. The predicted molar refractivity (Wildman–Crippen MR) is 78.8 cm³/mol. The van der Waals surface area contributed by atoms with Gasteiger partial charge in [0.1, 0.15) is 23.4 Å². The maximum Gasteiger partial charge on any atom is 0.227 e. The molecule has 2 aromatic rings. The number of halogens is 1. The van der Waals surface area contributed by atoms with Crippen LogP contribution in [0.3, 0.4) is 0 Å². The maximum absolute atomic E-state index is 13.2. The summed E-state index contributed by atoms with van der Waals surface area (Å²) in [4.78, 5) is 14.3. The highest BCUT2D eigenvalue weighted by molar-refractivity contribution is 5.79. The highest BCUT2D eigenvalue weighted by Gasteiger charge is 2.30. The summed E-state index contributed by atoms with van der Waals surface area (Å²) in [6, 6.07) is 9.67. The van der Waals surface area contributed by atoms with E-state index in [9.17, 15) is 9.18 Å². The number of ether oxygens (including phenoxy) is 1. The minimum Gasteiger partial charge on any atom is -0.464 e. The first-order valence-corrected chi connectivity index (χ1v) is 7.31. The Morgan fingerprint density at radius 1 is 1.36 bits per heavy atom. The molecular weight excluding hydrogens is 285 g/mol. The zero-order chi connectivity index (χ0) is 15.5. The van der Waals surface area contributed by atoms with Crippen molar-refractivity contribution in [3.05, 3.63) is 59.3 Å². The summed E-state index contributed by atoms with van der Waals surface area (Å²) < 4.78 is 24.4. The molecule has 3 rings (SSSR count). The molecule has 0 spiro atoms. The Morgan fingerprint density at radius 2 is 2.23 bits per heavy atom. The molecule has 1 amide bonds. The monoisotopic (exact) mass is 303 g/mol. The molecule has 1 atom stereocenters. The molecule has 1 aliphatic rings. The lowest BCUT2D eigenvalue weighted by Crippen LogP contribution is -2.44. The van der Waals surface area contributed by atoms with Gasteiger partial charge in [-0.3, -0.25) is 4.79 Å². The largest absolute Gasteiger partial charge is 0.464 e. The molecule has 22 heavy (non-hydrogen) atoms. The van der Waals surface area contributed by atoms with Gasteiger partial charge in [0, 0.05) is 6.54 Å². The average molecular weight is 303 g/mol. The highest BCUT2D eigenvalue weighted by atomic mass is 19.1. The van der Waals surface area contributed by atoms with Gasteiger partial charge in [0.2, 0.25) is 5.91 Å². The van der Waals surface area contributed by atoms with E-state index >= 15 is 0 Å². The molecule has 1 aliphatic heterocycles. The van der Waals surface area contributed by atoms with Crippen molar-refractivity contribution in [3.63, 3.8) is 0 Å². The average Bonchev–Trinajstić information content (AvgIpc) is 2.94. The number of hydrogen-bond donors (Lipinski definition) is 0. The van der Waals surface area contributed by atoms with Crippen molar-refractivity contribution < 1.29 is 18.3 Å². The lowest BCUT2D eigenvalue weighted by atomic mass is 10.1. The molecule has 0 N–H and O–H groups in total.